The Hall–Kier alpha value is -3.18. The number of rotatable bonds is 5. The molecule has 0 radical (unpaired) electrons. The van der Waals surface area contributed by atoms with Crippen LogP contribution in [0.25, 0.3) is 21.7 Å². The van der Waals surface area contributed by atoms with Gasteiger partial charge in [0, 0.05) is 12.7 Å². The van der Waals surface area contributed by atoms with Crippen molar-refractivity contribution < 1.29 is 9.50 Å². The molecule has 9 nitrogen and oxygen atoms in total. The van der Waals surface area contributed by atoms with E-state index in [0.717, 1.165) is 10.7 Å². The Morgan fingerprint density at radius 1 is 1.29 bits per heavy atom. The summed E-state index contributed by atoms with van der Waals surface area (Å²) in [6.07, 6.45) is 1.69. The third kappa shape index (κ3) is 3.29. The highest BCUT2D eigenvalue weighted by Gasteiger charge is 2.22. The van der Waals surface area contributed by atoms with Crippen LogP contribution in [-0.2, 0) is 13.2 Å². The van der Waals surface area contributed by atoms with Crippen molar-refractivity contribution in [2.75, 3.05) is 0 Å². The number of aliphatic hydroxyl groups is 1. The molecule has 0 aliphatic rings. The Balaban J connectivity index is 2.06. The molecule has 0 bridgehead atoms. The van der Waals surface area contributed by atoms with Crippen LogP contribution in [0.4, 0.5) is 4.39 Å². The van der Waals surface area contributed by atoms with Gasteiger partial charge in [0.1, 0.15) is 11.6 Å². The normalized spacial score (nSPS) is 11.7. The van der Waals surface area contributed by atoms with Gasteiger partial charge in [-0.3, -0.25) is 13.9 Å². The van der Waals surface area contributed by atoms with E-state index in [9.17, 15) is 14.7 Å². The summed E-state index contributed by atoms with van der Waals surface area (Å²) in [6, 6.07) is 1.09. The predicted octanol–water partition coefficient (Wildman–Crippen LogP) is 2.27. The van der Waals surface area contributed by atoms with Gasteiger partial charge in [-0.05, 0) is 31.4 Å². The van der Waals surface area contributed by atoms with Crippen LogP contribution in [0.3, 0.4) is 0 Å². The molecule has 4 aromatic rings. The van der Waals surface area contributed by atoms with Gasteiger partial charge >= 0.3 is 5.69 Å². The van der Waals surface area contributed by atoms with Gasteiger partial charge in [0.2, 0.25) is 0 Å². The molecule has 0 spiro atoms. The summed E-state index contributed by atoms with van der Waals surface area (Å²) in [5.74, 6) is -1.10. The van der Waals surface area contributed by atoms with Crippen molar-refractivity contribution in [3.8, 4) is 10.8 Å². The van der Waals surface area contributed by atoms with E-state index in [2.05, 4.69) is 15.1 Å². The molecular formula is C20H21FN6O3S. The van der Waals surface area contributed by atoms with E-state index in [-0.39, 0.29) is 29.5 Å². The second kappa shape index (κ2) is 7.82. The number of nitrogens with zero attached hydrogens (tertiary/aromatic N) is 6. The number of halogens is 1. The van der Waals surface area contributed by atoms with E-state index in [1.54, 1.807) is 25.6 Å². The fourth-order valence-electron chi connectivity index (χ4n) is 3.51. The van der Waals surface area contributed by atoms with E-state index < -0.39 is 23.7 Å². The lowest BCUT2D eigenvalue weighted by atomic mass is 10.0. The van der Waals surface area contributed by atoms with Crippen LogP contribution in [0.15, 0.2) is 27.4 Å². The molecule has 4 aromatic heterocycles. The van der Waals surface area contributed by atoms with Crippen molar-refractivity contribution in [2.45, 2.75) is 46.8 Å². The zero-order valence-electron chi connectivity index (χ0n) is 17.5. The van der Waals surface area contributed by atoms with E-state index in [0.29, 0.717) is 21.8 Å². The molecule has 0 amide bonds. The van der Waals surface area contributed by atoms with Gasteiger partial charge in [0.05, 0.1) is 22.1 Å². The van der Waals surface area contributed by atoms with Crippen LogP contribution in [0.2, 0.25) is 0 Å². The molecule has 4 rings (SSSR count). The maximum atomic E-state index is 15.1. The van der Waals surface area contributed by atoms with Gasteiger partial charge in [0.15, 0.2) is 17.5 Å². The summed E-state index contributed by atoms with van der Waals surface area (Å²) in [7, 11) is 0. The smallest absolute Gasteiger partial charge is 0.352 e. The molecule has 0 fully saturated rings. The minimum Gasteiger partial charge on any atom is -0.388 e. The van der Waals surface area contributed by atoms with Gasteiger partial charge in [-0.1, -0.05) is 13.8 Å². The number of aryl methyl sites for hydroxylation is 1. The number of aliphatic hydroxyl groups excluding tert-OH is 1. The molecule has 11 heteroatoms. The third-order valence-corrected chi connectivity index (χ3v) is 6.03. The van der Waals surface area contributed by atoms with Crippen LogP contribution >= 0.6 is 11.3 Å². The molecule has 1 N–H and O–H groups in total. The highest BCUT2D eigenvalue weighted by molar-refractivity contribution is 7.12. The molecule has 0 unspecified atom stereocenters. The summed E-state index contributed by atoms with van der Waals surface area (Å²) in [6.45, 7) is 7.19. The van der Waals surface area contributed by atoms with Crippen LogP contribution in [0.5, 0.6) is 0 Å². The number of pyridine rings is 2. The van der Waals surface area contributed by atoms with E-state index >= 15 is 4.39 Å². The first-order valence-corrected chi connectivity index (χ1v) is 10.6. The average Bonchev–Trinajstić information content (AvgIpc) is 3.30. The van der Waals surface area contributed by atoms with E-state index in [1.807, 2.05) is 13.8 Å². The second-order valence-electron chi connectivity index (χ2n) is 7.36. The van der Waals surface area contributed by atoms with E-state index in [4.69, 9.17) is 0 Å². The van der Waals surface area contributed by atoms with Gasteiger partial charge in [-0.25, -0.2) is 19.2 Å². The SMILES string of the molecule is CCn1c(CO)nn(-c2nc3c(C(C)C)cn(-c4scnc4C)c(=O)c3cc2F)c1=O. The van der Waals surface area contributed by atoms with Crippen molar-refractivity contribution in [1.29, 1.82) is 0 Å². The first kappa shape index (κ1) is 21.1. The predicted molar refractivity (Wildman–Crippen MR) is 115 cm³/mol. The largest absolute Gasteiger partial charge is 0.388 e. The first-order valence-electron chi connectivity index (χ1n) is 9.74. The maximum Gasteiger partial charge on any atom is 0.352 e. The molecule has 4 heterocycles. The molecule has 0 aliphatic heterocycles. The fourth-order valence-corrected chi connectivity index (χ4v) is 4.29. The summed E-state index contributed by atoms with van der Waals surface area (Å²) in [5.41, 5.74) is 2.32. The molecule has 31 heavy (non-hydrogen) atoms. The van der Waals surface area contributed by atoms with Crippen molar-refractivity contribution in [3.63, 3.8) is 0 Å². The summed E-state index contributed by atoms with van der Waals surface area (Å²) < 4.78 is 18.6. The molecular weight excluding hydrogens is 423 g/mol. The zero-order valence-corrected chi connectivity index (χ0v) is 18.3. The quantitative estimate of drug-likeness (QED) is 0.506. The van der Waals surface area contributed by atoms with Gasteiger partial charge in [0.25, 0.3) is 5.56 Å². The Morgan fingerprint density at radius 2 is 2.03 bits per heavy atom. The van der Waals surface area contributed by atoms with Crippen LogP contribution in [0, 0.1) is 12.7 Å². The Labute approximate surface area is 180 Å². The van der Waals surface area contributed by atoms with Crippen LogP contribution < -0.4 is 11.2 Å². The monoisotopic (exact) mass is 444 g/mol. The van der Waals surface area contributed by atoms with Crippen LogP contribution in [-0.4, -0.2) is 34.0 Å². The number of fused-ring (bicyclic) bond motifs is 1. The second-order valence-corrected chi connectivity index (χ2v) is 8.19. The summed E-state index contributed by atoms with van der Waals surface area (Å²) >= 11 is 1.32. The van der Waals surface area contributed by atoms with Crippen molar-refractivity contribution in [2.24, 2.45) is 0 Å². The van der Waals surface area contributed by atoms with Gasteiger partial charge < -0.3 is 5.11 Å². The van der Waals surface area contributed by atoms with Crippen LogP contribution in [0.1, 0.15) is 43.8 Å². The Kier molecular flexibility index (Phi) is 5.31. The standard InChI is InChI=1S/C20H21FN6O3S/c1-5-25-15(8-28)24-27(20(25)30)17-14(21)6-12-16(23-17)13(10(2)3)7-26(18(12)29)19-11(4)22-9-31-19/h6-7,9-10,28H,5,8H2,1-4H3. The Morgan fingerprint density at radius 3 is 2.58 bits per heavy atom. The zero-order chi connectivity index (χ0) is 22.4. The minimum atomic E-state index is -0.856. The molecule has 0 saturated carbocycles. The molecule has 0 aliphatic carbocycles. The number of thiazole rings is 1. The lowest BCUT2D eigenvalue weighted by Crippen LogP contribution is -2.26. The summed E-state index contributed by atoms with van der Waals surface area (Å²) in [4.78, 5) is 34.4. The summed E-state index contributed by atoms with van der Waals surface area (Å²) in [5, 5.41) is 14.3. The fraction of sp³-hybridized carbons (Fsp3) is 0.350. The average molecular weight is 444 g/mol. The van der Waals surface area contributed by atoms with Gasteiger partial charge in [-0.15, -0.1) is 16.4 Å². The van der Waals surface area contributed by atoms with Gasteiger partial charge in [-0.2, -0.15) is 4.68 Å². The number of aromatic nitrogens is 6. The Bertz CT molecular complexity index is 1420. The topological polar surface area (TPSA) is 108 Å². The van der Waals surface area contributed by atoms with Crippen molar-refractivity contribution >= 4 is 22.2 Å². The first-order chi connectivity index (χ1) is 14.8. The number of hydrogen-bond acceptors (Lipinski definition) is 7. The van der Waals surface area contributed by atoms with E-state index in [1.165, 1.54) is 20.5 Å². The third-order valence-electron chi connectivity index (χ3n) is 5.11. The molecule has 0 aromatic carbocycles. The van der Waals surface area contributed by atoms with Crippen molar-refractivity contribution in [3.05, 3.63) is 61.5 Å². The minimum absolute atomic E-state index is 0.0358. The number of hydrogen-bond donors (Lipinski definition) is 1. The highest BCUT2D eigenvalue weighted by atomic mass is 32.1. The lowest BCUT2D eigenvalue weighted by molar-refractivity contribution is 0.264. The molecule has 162 valence electrons. The maximum absolute atomic E-state index is 15.1. The molecule has 0 saturated heterocycles. The molecule has 0 atom stereocenters. The lowest BCUT2D eigenvalue weighted by Gasteiger charge is -2.14. The highest BCUT2D eigenvalue weighted by Crippen LogP contribution is 2.27. The van der Waals surface area contributed by atoms with Crippen molar-refractivity contribution in [1.82, 2.24) is 28.9 Å².